The van der Waals surface area contributed by atoms with E-state index in [2.05, 4.69) is 50.6 Å². The van der Waals surface area contributed by atoms with Crippen LogP contribution >= 0.6 is 11.6 Å². The van der Waals surface area contributed by atoms with Crippen LogP contribution in [0.5, 0.6) is 0 Å². The summed E-state index contributed by atoms with van der Waals surface area (Å²) in [7, 11) is 0. The van der Waals surface area contributed by atoms with Crippen LogP contribution in [0.2, 0.25) is 5.02 Å². The molecule has 1 aromatic heterocycles. The number of fused-ring (bicyclic) bond motifs is 1. The number of likely N-dealkylation sites (N-methyl/N-ethyl adjacent to an activating group) is 1. The van der Waals surface area contributed by atoms with Crippen LogP contribution in [0.1, 0.15) is 43.7 Å². The lowest BCUT2D eigenvalue weighted by molar-refractivity contribution is 0.116. The molecule has 1 aliphatic carbocycles. The molecular formula is C22H30ClN5O. The van der Waals surface area contributed by atoms with Crippen molar-refractivity contribution in [3.63, 3.8) is 0 Å². The van der Waals surface area contributed by atoms with E-state index in [9.17, 15) is 5.11 Å². The number of aliphatic hydroxyl groups excluding tert-OH is 1. The number of benzene rings is 1. The van der Waals surface area contributed by atoms with Crippen molar-refractivity contribution < 1.29 is 5.11 Å². The average molecular weight is 416 g/mol. The van der Waals surface area contributed by atoms with Gasteiger partial charge in [0.1, 0.15) is 5.02 Å². The molecule has 1 saturated carbocycles. The van der Waals surface area contributed by atoms with Gasteiger partial charge in [0, 0.05) is 18.8 Å². The predicted molar refractivity (Wildman–Crippen MR) is 118 cm³/mol. The number of aliphatic hydroxyl groups is 1. The van der Waals surface area contributed by atoms with Crippen LogP contribution in [0.15, 0.2) is 24.4 Å². The number of rotatable bonds is 5. The number of hydrogen-bond donors (Lipinski definition) is 3. The van der Waals surface area contributed by atoms with Crippen molar-refractivity contribution in [2.24, 2.45) is 0 Å². The van der Waals surface area contributed by atoms with Crippen LogP contribution in [-0.4, -0.2) is 51.8 Å². The van der Waals surface area contributed by atoms with Gasteiger partial charge in [-0.3, -0.25) is 0 Å². The average Bonchev–Trinajstić information content (AvgIpc) is 2.94. The van der Waals surface area contributed by atoms with Crippen molar-refractivity contribution in [2.75, 3.05) is 30.3 Å². The first-order valence-electron chi connectivity index (χ1n) is 10.7. The summed E-state index contributed by atoms with van der Waals surface area (Å²) in [4.78, 5) is 11.4. The molecule has 156 valence electrons. The number of nitrogens with zero attached hydrogens (tertiary/aromatic N) is 3. The maximum atomic E-state index is 10.2. The summed E-state index contributed by atoms with van der Waals surface area (Å²) in [6, 6.07) is 6.50. The van der Waals surface area contributed by atoms with Crippen LogP contribution < -0.4 is 10.6 Å². The van der Waals surface area contributed by atoms with Crippen LogP contribution in [-0.2, 0) is 12.8 Å². The van der Waals surface area contributed by atoms with Crippen LogP contribution in [0.25, 0.3) is 0 Å². The van der Waals surface area contributed by atoms with Crippen molar-refractivity contribution in [1.29, 1.82) is 0 Å². The molecule has 1 fully saturated rings. The van der Waals surface area contributed by atoms with Gasteiger partial charge in [-0.2, -0.15) is 4.98 Å². The minimum atomic E-state index is -0.363. The van der Waals surface area contributed by atoms with Crippen LogP contribution in [0, 0.1) is 0 Å². The quantitative estimate of drug-likeness (QED) is 0.685. The lowest BCUT2D eigenvalue weighted by Gasteiger charge is -2.29. The van der Waals surface area contributed by atoms with Crippen molar-refractivity contribution >= 4 is 29.1 Å². The molecule has 4 rings (SSSR count). The number of aromatic nitrogens is 2. The second-order valence-corrected chi connectivity index (χ2v) is 8.44. The fourth-order valence-electron chi connectivity index (χ4n) is 4.28. The molecule has 0 unspecified atom stereocenters. The Morgan fingerprint density at radius 3 is 2.76 bits per heavy atom. The zero-order valence-corrected chi connectivity index (χ0v) is 17.8. The fourth-order valence-corrected chi connectivity index (χ4v) is 4.42. The molecule has 2 aliphatic rings. The maximum Gasteiger partial charge on any atom is 0.229 e. The minimum absolute atomic E-state index is 0.0157. The number of hydrogen-bond acceptors (Lipinski definition) is 6. The highest BCUT2D eigenvalue weighted by molar-refractivity contribution is 6.32. The largest absolute Gasteiger partial charge is 0.391 e. The van der Waals surface area contributed by atoms with E-state index in [0.29, 0.717) is 16.8 Å². The number of halogens is 1. The van der Waals surface area contributed by atoms with Crippen LogP contribution in [0.4, 0.5) is 17.5 Å². The van der Waals surface area contributed by atoms with E-state index in [1.54, 1.807) is 6.20 Å². The smallest absolute Gasteiger partial charge is 0.229 e. The Kier molecular flexibility index (Phi) is 6.53. The van der Waals surface area contributed by atoms with E-state index in [0.717, 1.165) is 63.8 Å². The molecule has 29 heavy (non-hydrogen) atoms. The zero-order valence-electron chi connectivity index (χ0n) is 17.0. The van der Waals surface area contributed by atoms with Crippen molar-refractivity contribution in [3.05, 3.63) is 40.5 Å². The Labute approximate surface area is 177 Å². The van der Waals surface area contributed by atoms with E-state index in [4.69, 9.17) is 11.6 Å². The molecule has 0 bridgehead atoms. The molecule has 2 atom stereocenters. The number of anilines is 3. The first-order chi connectivity index (χ1) is 14.1. The third kappa shape index (κ3) is 5.00. The third-order valence-corrected chi connectivity index (χ3v) is 6.38. The summed E-state index contributed by atoms with van der Waals surface area (Å²) >= 11 is 6.30. The summed E-state index contributed by atoms with van der Waals surface area (Å²) in [6.45, 7) is 5.54. The Morgan fingerprint density at radius 2 is 1.97 bits per heavy atom. The topological polar surface area (TPSA) is 73.3 Å². The highest BCUT2D eigenvalue weighted by Crippen LogP contribution is 2.27. The van der Waals surface area contributed by atoms with E-state index >= 15 is 0 Å². The Morgan fingerprint density at radius 1 is 1.17 bits per heavy atom. The van der Waals surface area contributed by atoms with E-state index in [1.165, 1.54) is 11.1 Å². The monoisotopic (exact) mass is 415 g/mol. The van der Waals surface area contributed by atoms with Crippen molar-refractivity contribution in [2.45, 2.75) is 57.6 Å². The summed E-state index contributed by atoms with van der Waals surface area (Å²) in [5.41, 5.74) is 3.81. The maximum absolute atomic E-state index is 10.2. The van der Waals surface area contributed by atoms with E-state index < -0.39 is 0 Å². The summed E-state index contributed by atoms with van der Waals surface area (Å²) in [5, 5.41) is 17.3. The Bertz CT molecular complexity index is 846. The van der Waals surface area contributed by atoms with Gasteiger partial charge in [-0.05, 0) is 55.5 Å². The normalized spacial score (nSPS) is 22.6. The minimum Gasteiger partial charge on any atom is -0.391 e. The molecule has 1 aliphatic heterocycles. The van der Waals surface area contributed by atoms with Crippen LogP contribution in [0.3, 0.4) is 0 Å². The summed E-state index contributed by atoms with van der Waals surface area (Å²) in [6.07, 6.45) is 7.31. The van der Waals surface area contributed by atoms with Gasteiger partial charge in [-0.15, -0.1) is 0 Å². The molecule has 3 N–H and O–H groups in total. The molecule has 7 heteroatoms. The molecule has 0 saturated heterocycles. The van der Waals surface area contributed by atoms with Gasteiger partial charge < -0.3 is 20.6 Å². The highest BCUT2D eigenvalue weighted by Gasteiger charge is 2.24. The van der Waals surface area contributed by atoms with Gasteiger partial charge >= 0.3 is 0 Å². The standard InChI is InChI=1S/C22H30ClN5O/c1-2-28-11-9-15-7-8-17(13-16(15)10-12-28)25-22-24-14-18(23)21(27-22)26-19-5-3-4-6-20(19)29/h7-8,13-14,19-20,29H,2-6,9-12H2,1H3,(H2,24,25,26,27)/t19-,20-/m1/s1. The van der Waals surface area contributed by atoms with Gasteiger partial charge in [0.2, 0.25) is 5.95 Å². The molecule has 6 nitrogen and oxygen atoms in total. The summed E-state index contributed by atoms with van der Waals surface area (Å²) in [5.74, 6) is 1.08. The molecule has 0 radical (unpaired) electrons. The summed E-state index contributed by atoms with van der Waals surface area (Å²) < 4.78 is 0. The fraction of sp³-hybridized carbons (Fsp3) is 0.545. The highest BCUT2D eigenvalue weighted by atomic mass is 35.5. The molecule has 0 amide bonds. The molecular weight excluding hydrogens is 386 g/mol. The first kappa shape index (κ1) is 20.4. The lowest BCUT2D eigenvalue weighted by Crippen LogP contribution is -2.36. The molecule has 2 heterocycles. The third-order valence-electron chi connectivity index (χ3n) is 6.10. The van der Waals surface area contributed by atoms with Gasteiger partial charge in [0.05, 0.1) is 18.3 Å². The van der Waals surface area contributed by atoms with Gasteiger partial charge in [0.25, 0.3) is 0 Å². The van der Waals surface area contributed by atoms with Gasteiger partial charge in [-0.25, -0.2) is 4.98 Å². The zero-order chi connectivity index (χ0) is 20.2. The van der Waals surface area contributed by atoms with Crippen molar-refractivity contribution in [1.82, 2.24) is 14.9 Å². The first-order valence-corrected chi connectivity index (χ1v) is 11.1. The number of nitrogens with one attached hydrogen (secondary N) is 2. The van der Waals surface area contributed by atoms with Gasteiger partial charge in [-0.1, -0.05) is 37.4 Å². The van der Waals surface area contributed by atoms with Crippen molar-refractivity contribution in [3.8, 4) is 0 Å². The molecule has 2 aromatic rings. The van der Waals surface area contributed by atoms with Gasteiger partial charge in [0.15, 0.2) is 5.82 Å². The Balaban J connectivity index is 1.48. The molecule has 1 aromatic carbocycles. The lowest BCUT2D eigenvalue weighted by atomic mass is 9.93. The predicted octanol–water partition coefficient (Wildman–Crippen LogP) is 4.01. The van der Waals surface area contributed by atoms with E-state index in [1.807, 2.05) is 0 Å². The van der Waals surface area contributed by atoms with E-state index in [-0.39, 0.29) is 12.1 Å². The SMILES string of the molecule is CCN1CCc2ccc(Nc3ncc(Cl)c(N[C@@H]4CCCC[C@H]4O)n3)cc2CC1. The Hall–Kier alpha value is -1.89. The molecule has 0 spiro atoms. The second-order valence-electron chi connectivity index (χ2n) is 8.04. The second kappa shape index (κ2) is 9.28.